The number of ether oxygens (including phenoxy) is 1. The summed E-state index contributed by atoms with van der Waals surface area (Å²) in [4.78, 5) is 31.7. The van der Waals surface area contributed by atoms with Gasteiger partial charge in [-0.2, -0.15) is 0 Å². The van der Waals surface area contributed by atoms with Crippen LogP contribution in [0, 0.1) is 5.92 Å². The van der Waals surface area contributed by atoms with Crippen LogP contribution in [0.5, 0.6) is 5.75 Å². The number of carbonyl (C=O) groups is 2. The molecule has 0 bridgehead atoms. The molecule has 1 aliphatic heterocycles. The van der Waals surface area contributed by atoms with E-state index >= 15 is 0 Å². The summed E-state index contributed by atoms with van der Waals surface area (Å²) in [6.45, 7) is 7.45. The van der Waals surface area contributed by atoms with E-state index in [-0.39, 0.29) is 24.4 Å². The second-order valence-electron chi connectivity index (χ2n) is 9.04. The molecule has 7 heteroatoms. The fourth-order valence-electron chi connectivity index (χ4n) is 4.75. The van der Waals surface area contributed by atoms with Gasteiger partial charge in [-0.3, -0.25) is 14.5 Å². The number of methoxy groups -OCH3 is 1. The van der Waals surface area contributed by atoms with Crippen LogP contribution in [0.2, 0.25) is 0 Å². The van der Waals surface area contributed by atoms with Gasteiger partial charge < -0.3 is 19.6 Å². The standard InChI is InChI=1S/C25H41N3O4/c1-6-8-15-27(16-9-14-26(3)4)23(29)18-28-17-21(24(25(30)31)22(28)7-2)19-10-12-20(32-5)13-11-19/h10-13,21-22,24H,6-9,14-18H2,1-5H3,(H,30,31)/t21-,22+,24-/m1/s1. The van der Waals surface area contributed by atoms with Crippen molar-refractivity contribution in [3.8, 4) is 5.75 Å². The lowest BCUT2D eigenvalue weighted by atomic mass is 9.84. The molecule has 0 aromatic heterocycles. The minimum absolute atomic E-state index is 0.107. The fourth-order valence-corrected chi connectivity index (χ4v) is 4.75. The van der Waals surface area contributed by atoms with Gasteiger partial charge >= 0.3 is 5.97 Å². The first-order valence-corrected chi connectivity index (χ1v) is 11.9. The molecule has 180 valence electrons. The average molecular weight is 448 g/mol. The molecule has 1 fully saturated rings. The van der Waals surface area contributed by atoms with Gasteiger partial charge in [-0.05, 0) is 57.6 Å². The second-order valence-corrected chi connectivity index (χ2v) is 9.04. The molecule has 1 aromatic rings. The minimum atomic E-state index is -0.790. The Morgan fingerprint density at radius 2 is 1.75 bits per heavy atom. The molecule has 0 aliphatic carbocycles. The monoisotopic (exact) mass is 447 g/mol. The molecule has 3 atom stereocenters. The topological polar surface area (TPSA) is 73.3 Å². The second kappa shape index (κ2) is 12.8. The SMILES string of the molecule is CCCCN(CCCN(C)C)C(=O)CN1C[C@H](c2ccc(OC)cc2)[C@@H](C(=O)O)[C@@H]1CC. The van der Waals surface area contributed by atoms with Crippen molar-refractivity contribution in [3.05, 3.63) is 29.8 Å². The van der Waals surface area contributed by atoms with Crippen molar-refractivity contribution >= 4 is 11.9 Å². The molecule has 7 nitrogen and oxygen atoms in total. The van der Waals surface area contributed by atoms with Crippen LogP contribution < -0.4 is 4.74 Å². The zero-order valence-corrected chi connectivity index (χ0v) is 20.4. The van der Waals surface area contributed by atoms with Gasteiger partial charge in [0.25, 0.3) is 0 Å². The molecular formula is C25H41N3O4. The number of carboxylic acids is 1. The number of hydrogen-bond acceptors (Lipinski definition) is 5. The lowest BCUT2D eigenvalue weighted by Gasteiger charge is -2.29. The number of benzene rings is 1. The maximum Gasteiger partial charge on any atom is 0.308 e. The minimum Gasteiger partial charge on any atom is -0.497 e. The third-order valence-corrected chi connectivity index (χ3v) is 6.50. The number of nitrogens with zero attached hydrogens (tertiary/aromatic N) is 3. The van der Waals surface area contributed by atoms with E-state index in [4.69, 9.17) is 4.74 Å². The summed E-state index contributed by atoms with van der Waals surface area (Å²) in [5.74, 6) is -0.605. The first-order chi connectivity index (χ1) is 15.3. The van der Waals surface area contributed by atoms with Crippen LogP contribution in [0.1, 0.15) is 51.0 Å². The number of unbranched alkanes of at least 4 members (excludes halogenated alkanes) is 1. The van der Waals surface area contributed by atoms with E-state index in [2.05, 4.69) is 16.7 Å². The maximum absolute atomic E-state index is 13.3. The molecule has 1 heterocycles. The molecule has 1 amide bonds. The summed E-state index contributed by atoms with van der Waals surface area (Å²) < 4.78 is 5.25. The van der Waals surface area contributed by atoms with E-state index in [0.29, 0.717) is 13.0 Å². The Kier molecular flexibility index (Phi) is 10.5. The highest BCUT2D eigenvalue weighted by Gasteiger charge is 2.46. The van der Waals surface area contributed by atoms with E-state index < -0.39 is 11.9 Å². The Morgan fingerprint density at radius 3 is 2.28 bits per heavy atom. The first-order valence-electron chi connectivity index (χ1n) is 11.9. The Hall–Kier alpha value is -2.12. The van der Waals surface area contributed by atoms with Crippen LogP contribution in [0.3, 0.4) is 0 Å². The number of carbonyl (C=O) groups excluding carboxylic acids is 1. The average Bonchev–Trinajstić information content (AvgIpc) is 3.14. The van der Waals surface area contributed by atoms with E-state index in [1.165, 1.54) is 0 Å². The largest absolute Gasteiger partial charge is 0.497 e. The van der Waals surface area contributed by atoms with E-state index in [0.717, 1.165) is 50.2 Å². The Labute approximate surface area is 193 Å². The van der Waals surface area contributed by atoms with Crippen molar-refractivity contribution in [1.29, 1.82) is 0 Å². The van der Waals surface area contributed by atoms with Gasteiger partial charge in [0.2, 0.25) is 5.91 Å². The van der Waals surface area contributed by atoms with Gasteiger partial charge in [0.05, 0.1) is 19.6 Å². The molecule has 1 aliphatic rings. The van der Waals surface area contributed by atoms with Crippen LogP contribution in [0.15, 0.2) is 24.3 Å². The lowest BCUT2D eigenvalue weighted by molar-refractivity contribution is -0.143. The van der Waals surface area contributed by atoms with Gasteiger partial charge in [-0.15, -0.1) is 0 Å². The number of likely N-dealkylation sites (tertiary alicyclic amines) is 1. The van der Waals surface area contributed by atoms with Crippen molar-refractivity contribution in [3.63, 3.8) is 0 Å². The third kappa shape index (κ3) is 6.94. The predicted molar refractivity (Wildman–Crippen MR) is 127 cm³/mol. The van der Waals surface area contributed by atoms with Gasteiger partial charge in [0, 0.05) is 31.6 Å². The lowest BCUT2D eigenvalue weighted by Crippen LogP contribution is -2.44. The fraction of sp³-hybridized carbons (Fsp3) is 0.680. The molecule has 0 saturated carbocycles. The molecule has 0 unspecified atom stereocenters. The van der Waals surface area contributed by atoms with Gasteiger partial charge in [0.15, 0.2) is 0 Å². The van der Waals surface area contributed by atoms with Crippen LogP contribution in [0.25, 0.3) is 0 Å². The van der Waals surface area contributed by atoms with Crippen LogP contribution in [-0.2, 0) is 9.59 Å². The zero-order valence-electron chi connectivity index (χ0n) is 20.4. The van der Waals surface area contributed by atoms with Gasteiger partial charge in [-0.1, -0.05) is 32.4 Å². The van der Waals surface area contributed by atoms with Gasteiger partial charge in [0.1, 0.15) is 5.75 Å². The van der Waals surface area contributed by atoms with Gasteiger partial charge in [-0.25, -0.2) is 0 Å². The molecule has 1 saturated heterocycles. The van der Waals surface area contributed by atoms with Crippen molar-refractivity contribution in [2.45, 2.75) is 51.5 Å². The normalized spacial score (nSPS) is 21.1. The van der Waals surface area contributed by atoms with E-state index in [1.807, 2.05) is 50.2 Å². The number of aliphatic carboxylic acids is 1. The highest BCUT2D eigenvalue weighted by atomic mass is 16.5. The Bertz CT molecular complexity index is 722. The van der Waals surface area contributed by atoms with E-state index in [9.17, 15) is 14.7 Å². The Balaban J connectivity index is 2.16. The highest BCUT2D eigenvalue weighted by molar-refractivity contribution is 5.79. The van der Waals surface area contributed by atoms with Crippen molar-refractivity contribution in [1.82, 2.24) is 14.7 Å². The maximum atomic E-state index is 13.3. The zero-order chi connectivity index (χ0) is 23.7. The molecule has 1 N–H and O–H groups in total. The molecule has 0 spiro atoms. The smallest absolute Gasteiger partial charge is 0.308 e. The van der Waals surface area contributed by atoms with Crippen LogP contribution in [0.4, 0.5) is 0 Å². The molecule has 0 radical (unpaired) electrons. The van der Waals surface area contributed by atoms with E-state index in [1.54, 1.807) is 7.11 Å². The number of rotatable bonds is 13. The Morgan fingerprint density at radius 1 is 1.09 bits per heavy atom. The number of carboxylic acid groups (broad SMARTS) is 1. The van der Waals surface area contributed by atoms with Crippen molar-refractivity contribution in [2.24, 2.45) is 5.92 Å². The summed E-state index contributed by atoms with van der Waals surface area (Å²) in [7, 11) is 5.70. The number of amides is 1. The molecular weight excluding hydrogens is 406 g/mol. The summed E-state index contributed by atoms with van der Waals surface area (Å²) in [5.41, 5.74) is 0.987. The van der Waals surface area contributed by atoms with Crippen LogP contribution in [-0.4, -0.2) is 91.7 Å². The van der Waals surface area contributed by atoms with Crippen molar-refractivity contribution in [2.75, 3.05) is 53.9 Å². The molecule has 2 rings (SSSR count). The summed E-state index contributed by atoms with van der Waals surface area (Å²) in [6.07, 6.45) is 3.66. The summed E-state index contributed by atoms with van der Waals surface area (Å²) >= 11 is 0. The van der Waals surface area contributed by atoms with Crippen molar-refractivity contribution < 1.29 is 19.4 Å². The molecule has 1 aromatic carbocycles. The molecule has 32 heavy (non-hydrogen) atoms. The summed E-state index contributed by atoms with van der Waals surface area (Å²) in [5, 5.41) is 10.0. The van der Waals surface area contributed by atoms with Crippen LogP contribution >= 0.6 is 0 Å². The third-order valence-electron chi connectivity index (χ3n) is 6.50. The predicted octanol–water partition coefficient (Wildman–Crippen LogP) is 3.15. The highest BCUT2D eigenvalue weighted by Crippen LogP contribution is 2.39. The quantitative estimate of drug-likeness (QED) is 0.501. The first kappa shape index (κ1) is 26.1. The number of hydrogen-bond donors (Lipinski definition) is 1. The summed E-state index contributed by atoms with van der Waals surface area (Å²) in [6, 6.07) is 7.50.